The minimum atomic E-state index is -4.08. The summed E-state index contributed by atoms with van der Waals surface area (Å²) in [7, 11) is -4.08. The van der Waals surface area contributed by atoms with Crippen LogP contribution in [-0.2, 0) is 19.7 Å². The van der Waals surface area contributed by atoms with E-state index in [1.54, 1.807) is 6.07 Å². The van der Waals surface area contributed by atoms with Crippen LogP contribution in [-0.4, -0.2) is 36.9 Å². The molecule has 150 valence electrons. The molecule has 0 spiro atoms. The van der Waals surface area contributed by atoms with E-state index in [2.05, 4.69) is 0 Å². The van der Waals surface area contributed by atoms with Crippen molar-refractivity contribution in [2.24, 2.45) is 5.73 Å². The van der Waals surface area contributed by atoms with Crippen LogP contribution in [0.25, 0.3) is 6.08 Å². The first-order chi connectivity index (χ1) is 13.7. The molecule has 1 aliphatic heterocycles. The Balaban J connectivity index is 1.82. The average molecular weight is 453 g/mol. The van der Waals surface area contributed by atoms with Gasteiger partial charge in [0.05, 0.1) is 4.91 Å². The molecule has 0 aromatic heterocycles. The molecule has 2 aromatic carbocycles. The van der Waals surface area contributed by atoms with E-state index in [0.29, 0.717) is 22.3 Å². The fourth-order valence-electron chi connectivity index (χ4n) is 2.38. The predicted octanol–water partition coefficient (Wildman–Crippen LogP) is 2.63. The number of imide groups is 1. The third kappa shape index (κ3) is 4.97. The molecule has 3 rings (SSSR count). The van der Waals surface area contributed by atoms with Gasteiger partial charge in [-0.3, -0.25) is 19.3 Å². The van der Waals surface area contributed by atoms with Gasteiger partial charge >= 0.3 is 10.1 Å². The van der Waals surface area contributed by atoms with Gasteiger partial charge in [0, 0.05) is 5.02 Å². The number of carbonyl (C=O) groups excluding carboxylic acids is 3. The van der Waals surface area contributed by atoms with E-state index >= 15 is 0 Å². The molecule has 1 aliphatic rings. The number of nitrogens with zero attached hydrogens (tertiary/aromatic N) is 1. The van der Waals surface area contributed by atoms with Crippen LogP contribution in [0.3, 0.4) is 0 Å². The third-order valence-corrected chi connectivity index (χ3v) is 6.07. The molecule has 1 saturated heterocycles. The highest BCUT2D eigenvalue weighted by atomic mass is 35.5. The van der Waals surface area contributed by atoms with Gasteiger partial charge < -0.3 is 9.92 Å². The van der Waals surface area contributed by atoms with Gasteiger partial charge in [-0.2, -0.15) is 8.42 Å². The van der Waals surface area contributed by atoms with Gasteiger partial charge in [0.2, 0.25) is 5.91 Å². The first kappa shape index (κ1) is 20.9. The van der Waals surface area contributed by atoms with Gasteiger partial charge in [-0.05, 0) is 59.8 Å². The molecule has 0 aliphatic carbocycles. The van der Waals surface area contributed by atoms with Crippen molar-refractivity contribution in [1.29, 1.82) is 0 Å². The van der Waals surface area contributed by atoms with Crippen LogP contribution in [0.4, 0.5) is 4.79 Å². The summed E-state index contributed by atoms with van der Waals surface area (Å²) >= 11 is 6.41. The maximum Gasteiger partial charge on any atom is 0.339 e. The lowest BCUT2D eigenvalue weighted by molar-refractivity contribution is -0.127. The van der Waals surface area contributed by atoms with Crippen LogP contribution in [0, 0.1) is 0 Å². The zero-order valence-corrected chi connectivity index (χ0v) is 17.0. The summed E-state index contributed by atoms with van der Waals surface area (Å²) in [4.78, 5) is 35.9. The van der Waals surface area contributed by atoms with E-state index in [0.717, 1.165) is 4.90 Å². The standard InChI is InChI=1S/C18H13ClN2O6S2/c19-12-4-6-14(7-5-12)29(25,26)27-13-3-1-2-11(8-13)9-15-17(23)21(10-16(20)22)18(24)28-15/h1-9H,10H2,(H2,20,22)/b15-9-. The molecule has 2 aromatic rings. The number of hydrogen-bond acceptors (Lipinski definition) is 7. The zero-order valence-electron chi connectivity index (χ0n) is 14.6. The molecule has 3 amide bonds. The number of amides is 3. The number of primary amides is 1. The van der Waals surface area contributed by atoms with E-state index in [1.807, 2.05) is 0 Å². The van der Waals surface area contributed by atoms with Crippen molar-refractivity contribution in [1.82, 2.24) is 4.90 Å². The van der Waals surface area contributed by atoms with Gasteiger partial charge in [-0.25, -0.2) is 0 Å². The smallest absolute Gasteiger partial charge is 0.339 e. The number of benzene rings is 2. The summed E-state index contributed by atoms with van der Waals surface area (Å²) in [6, 6.07) is 11.5. The van der Waals surface area contributed by atoms with E-state index in [-0.39, 0.29) is 15.6 Å². The van der Waals surface area contributed by atoms with Gasteiger partial charge in [0.25, 0.3) is 11.1 Å². The predicted molar refractivity (Wildman–Crippen MR) is 108 cm³/mol. The van der Waals surface area contributed by atoms with Crippen LogP contribution in [0.2, 0.25) is 5.02 Å². The maximum atomic E-state index is 12.4. The second-order valence-corrected chi connectivity index (χ2v) is 8.77. The highest BCUT2D eigenvalue weighted by Gasteiger charge is 2.35. The highest BCUT2D eigenvalue weighted by molar-refractivity contribution is 8.18. The molecule has 8 nitrogen and oxygen atoms in total. The molecule has 1 heterocycles. The number of halogens is 1. The molecule has 0 unspecified atom stereocenters. The molecule has 1 fully saturated rings. The normalized spacial score (nSPS) is 15.8. The molecule has 0 radical (unpaired) electrons. The highest BCUT2D eigenvalue weighted by Crippen LogP contribution is 2.32. The van der Waals surface area contributed by atoms with Crippen LogP contribution in [0.1, 0.15) is 5.56 Å². The van der Waals surface area contributed by atoms with E-state index in [1.165, 1.54) is 48.5 Å². The number of nitrogens with two attached hydrogens (primary N) is 1. The van der Waals surface area contributed by atoms with Crippen LogP contribution < -0.4 is 9.92 Å². The Bertz CT molecular complexity index is 1130. The minimum Gasteiger partial charge on any atom is -0.379 e. The van der Waals surface area contributed by atoms with Crippen molar-refractivity contribution in [2.45, 2.75) is 4.90 Å². The van der Waals surface area contributed by atoms with Crippen molar-refractivity contribution in [3.05, 3.63) is 64.0 Å². The van der Waals surface area contributed by atoms with E-state index in [4.69, 9.17) is 21.5 Å². The third-order valence-electron chi connectivity index (χ3n) is 3.65. The average Bonchev–Trinajstić information content (AvgIpc) is 2.89. The fraction of sp³-hybridized carbons (Fsp3) is 0.0556. The Labute approximate surface area is 175 Å². The lowest BCUT2D eigenvalue weighted by atomic mass is 10.2. The lowest BCUT2D eigenvalue weighted by Crippen LogP contribution is -2.36. The summed E-state index contributed by atoms with van der Waals surface area (Å²) in [5.74, 6) is -1.44. The van der Waals surface area contributed by atoms with Crippen LogP contribution in [0.15, 0.2) is 58.3 Å². The molecule has 11 heteroatoms. The molecular weight excluding hydrogens is 440 g/mol. The second-order valence-electron chi connectivity index (χ2n) is 5.80. The number of hydrogen-bond donors (Lipinski definition) is 1. The van der Waals surface area contributed by atoms with Gasteiger partial charge in [0.1, 0.15) is 17.2 Å². The number of rotatable bonds is 6. The topological polar surface area (TPSA) is 124 Å². The Hall–Kier alpha value is -2.82. The molecule has 2 N–H and O–H groups in total. The fourth-order valence-corrected chi connectivity index (χ4v) is 4.26. The zero-order chi connectivity index (χ0) is 21.2. The van der Waals surface area contributed by atoms with Gasteiger partial charge in [0.15, 0.2) is 0 Å². The van der Waals surface area contributed by atoms with Crippen molar-refractivity contribution >= 4 is 56.6 Å². The Morgan fingerprint density at radius 1 is 1.17 bits per heavy atom. The van der Waals surface area contributed by atoms with Gasteiger partial charge in [-0.1, -0.05) is 23.7 Å². The summed E-state index contributed by atoms with van der Waals surface area (Å²) in [6.07, 6.45) is 1.40. The van der Waals surface area contributed by atoms with Crippen molar-refractivity contribution in [2.75, 3.05) is 6.54 Å². The van der Waals surface area contributed by atoms with Crippen molar-refractivity contribution < 1.29 is 27.0 Å². The monoisotopic (exact) mass is 452 g/mol. The Kier molecular flexibility index (Phi) is 5.96. The number of thioether (sulfide) groups is 1. The minimum absolute atomic E-state index is 0.0186. The van der Waals surface area contributed by atoms with Crippen molar-refractivity contribution in [3.63, 3.8) is 0 Å². The molecular formula is C18H13ClN2O6S2. The van der Waals surface area contributed by atoms with Gasteiger partial charge in [-0.15, -0.1) is 0 Å². The first-order valence-electron chi connectivity index (χ1n) is 7.99. The summed E-state index contributed by atoms with van der Waals surface area (Å²) in [5, 5.41) is -0.228. The Morgan fingerprint density at radius 3 is 2.52 bits per heavy atom. The van der Waals surface area contributed by atoms with Crippen LogP contribution in [0.5, 0.6) is 5.75 Å². The molecule has 0 atom stereocenters. The largest absolute Gasteiger partial charge is 0.379 e. The quantitative estimate of drug-likeness (QED) is 0.527. The summed E-state index contributed by atoms with van der Waals surface area (Å²) in [6.45, 7) is -0.509. The maximum absolute atomic E-state index is 12.4. The van der Waals surface area contributed by atoms with Crippen molar-refractivity contribution in [3.8, 4) is 5.75 Å². The SMILES string of the molecule is NC(=O)CN1C(=O)S/C(=C\c2cccc(OS(=O)(=O)c3ccc(Cl)cc3)c2)C1=O. The summed E-state index contributed by atoms with van der Waals surface area (Å²) in [5.41, 5.74) is 5.46. The number of carbonyl (C=O) groups is 3. The first-order valence-corrected chi connectivity index (χ1v) is 10.6. The molecule has 0 saturated carbocycles. The second kappa shape index (κ2) is 8.27. The van der Waals surface area contributed by atoms with Crippen LogP contribution >= 0.6 is 23.4 Å². The van der Waals surface area contributed by atoms with E-state index < -0.39 is 33.7 Å². The lowest BCUT2D eigenvalue weighted by Gasteiger charge is -2.09. The summed E-state index contributed by atoms with van der Waals surface area (Å²) < 4.78 is 29.9. The Morgan fingerprint density at radius 2 is 1.86 bits per heavy atom. The molecule has 0 bridgehead atoms. The van der Waals surface area contributed by atoms with E-state index in [9.17, 15) is 22.8 Å². The molecule has 29 heavy (non-hydrogen) atoms.